The Balaban J connectivity index is 1.32. The summed E-state index contributed by atoms with van der Waals surface area (Å²) in [6.07, 6.45) is 2.13. The number of hydrogen-bond donors (Lipinski definition) is 2. The number of nitrogens with zero attached hydrogens (tertiary/aromatic N) is 2. The molecular weight excluding hydrogens is 535 g/mol. The Hall–Kier alpha value is -4.92. The van der Waals surface area contributed by atoms with Crippen molar-refractivity contribution in [3.05, 3.63) is 119 Å². The van der Waals surface area contributed by atoms with Crippen LogP contribution >= 0.6 is 0 Å². The van der Waals surface area contributed by atoms with Crippen molar-refractivity contribution in [1.29, 1.82) is 0 Å². The molecule has 0 radical (unpaired) electrons. The van der Waals surface area contributed by atoms with E-state index in [1.165, 1.54) is 18.4 Å². The molecule has 9 heteroatoms. The molecular formula is C33H33FN4O4. The number of amides is 3. The second-order valence-electron chi connectivity index (χ2n) is 10.2. The van der Waals surface area contributed by atoms with Crippen molar-refractivity contribution < 1.29 is 23.2 Å². The number of piperazine rings is 1. The van der Waals surface area contributed by atoms with Crippen LogP contribution in [0.5, 0.6) is 0 Å². The number of anilines is 2. The molecule has 1 fully saturated rings. The zero-order chi connectivity index (χ0) is 29.5. The summed E-state index contributed by atoms with van der Waals surface area (Å²) in [6, 6.07) is 24.1. The van der Waals surface area contributed by atoms with E-state index in [9.17, 15) is 18.8 Å². The summed E-state index contributed by atoms with van der Waals surface area (Å²) in [4.78, 5) is 43.4. The summed E-state index contributed by atoms with van der Waals surface area (Å²) in [6.45, 7) is 4.38. The molecule has 0 saturated carbocycles. The topological polar surface area (TPSA) is 94.9 Å². The van der Waals surface area contributed by atoms with Gasteiger partial charge in [0, 0.05) is 44.1 Å². The van der Waals surface area contributed by atoms with Gasteiger partial charge in [-0.1, -0.05) is 49.4 Å². The molecule has 0 aliphatic carbocycles. The minimum absolute atomic E-state index is 0.108. The van der Waals surface area contributed by atoms with Crippen LogP contribution in [-0.4, -0.2) is 48.8 Å². The predicted molar refractivity (Wildman–Crippen MR) is 159 cm³/mol. The van der Waals surface area contributed by atoms with Gasteiger partial charge in [0.1, 0.15) is 5.82 Å². The third-order valence-corrected chi connectivity index (χ3v) is 7.45. The Kier molecular flexibility index (Phi) is 8.96. The van der Waals surface area contributed by atoms with E-state index in [-0.39, 0.29) is 35.9 Å². The molecule has 1 atom stereocenters. The Bertz CT molecular complexity index is 1520. The van der Waals surface area contributed by atoms with Gasteiger partial charge in [0.25, 0.3) is 11.8 Å². The normalized spacial score (nSPS) is 13.9. The highest BCUT2D eigenvalue weighted by atomic mass is 19.1. The van der Waals surface area contributed by atoms with E-state index < -0.39 is 5.91 Å². The fourth-order valence-electron chi connectivity index (χ4n) is 5.18. The number of furan rings is 1. The first-order valence-electron chi connectivity index (χ1n) is 14.0. The van der Waals surface area contributed by atoms with Crippen LogP contribution in [0.3, 0.4) is 0 Å². The van der Waals surface area contributed by atoms with Crippen LogP contribution in [0.1, 0.15) is 51.3 Å². The third-order valence-electron chi connectivity index (χ3n) is 7.45. The smallest absolute Gasteiger partial charge is 0.291 e. The lowest BCUT2D eigenvalue weighted by atomic mass is 9.94. The molecule has 3 aromatic carbocycles. The van der Waals surface area contributed by atoms with Crippen LogP contribution in [0.2, 0.25) is 0 Å². The van der Waals surface area contributed by atoms with Crippen molar-refractivity contribution in [1.82, 2.24) is 10.2 Å². The van der Waals surface area contributed by atoms with Crippen molar-refractivity contribution in [2.24, 2.45) is 0 Å². The largest absolute Gasteiger partial charge is 0.459 e. The molecule has 8 nitrogen and oxygen atoms in total. The van der Waals surface area contributed by atoms with Crippen molar-refractivity contribution in [2.45, 2.75) is 25.8 Å². The van der Waals surface area contributed by atoms with Crippen molar-refractivity contribution in [2.75, 3.05) is 36.4 Å². The van der Waals surface area contributed by atoms with E-state index >= 15 is 0 Å². The monoisotopic (exact) mass is 568 g/mol. The van der Waals surface area contributed by atoms with Crippen LogP contribution in [0.15, 0.2) is 95.6 Å². The molecule has 0 unspecified atom stereocenters. The standard InChI is InChI=1S/C33H33FN4O4/c1-2-27(24-7-4-3-5-8-24)33(41)38-18-16-37(17-19-38)29-15-14-26(36-32(40)30-9-6-20-42-30)21-28(29)31(39)35-22-23-10-12-25(34)13-11-23/h3-15,20-21,27H,2,16-19,22H2,1H3,(H,35,39)(H,36,40)/t27-/m0/s1. The first-order chi connectivity index (χ1) is 20.4. The molecule has 5 rings (SSSR count). The molecule has 42 heavy (non-hydrogen) atoms. The van der Waals surface area contributed by atoms with Crippen LogP contribution in [0, 0.1) is 5.82 Å². The third kappa shape index (κ3) is 6.68. The zero-order valence-corrected chi connectivity index (χ0v) is 23.4. The molecule has 1 aromatic heterocycles. The van der Waals surface area contributed by atoms with Crippen LogP contribution in [0.4, 0.5) is 15.8 Å². The van der Waals surface area contributed by atoms with Gasteiger partial charge in [-0.2, -0.15) is 0 Å². The molecule has 2 heterocycles. The van der Waals surface area contributed by atoms with Gasteiger partial charge in [-0.15, -0.1) is 0 Å². The maximum absolute atomic E-state index is 13.5. The Labute approximate surface area is 244 Å². The Morgan fingerprint density at radius 3 is 2.29 bits per heavy atom. The van der Waals surface area contributed by atoms with Crippen molar-refractivity contribution in [3.8, 4) is 0 Å². The fourth-order valence-corrected chi connectivity index (χ4v) is 5.18. The van der Waals surface area contributed by atoms with Gasteiger partial charge in [-0.05, 0) is 60.0 Å². The van der Waals surface area contributed by atoms with E-state index in [0.717, 1.165) is 11.1 Å². The summed E-state index contributed by atoms with van der Waals surface area (Å²) in [5.74, 6) is -1.04. The van der Waals surface area contributed by atoms with E-state index in [4.69, 9.17) is 4.42 Å². The van der Waals surface area contributed by atoms with Gasteiger partial charge in [0.2, 0.25) is 5.91 Å². The average molecular weight is 569 g/mol. The number of benzene rings is 3. The Morgan fingerprint density at radius 2 is 1.62 bits per heavy atom. The maximum Gasteiger partial charge on any atom is 0.291 e. The Morgan fingerprint density at radius 1 is 0.881 bits per heavy atom. The highest BCUT2D eigenvalue weighted by Crippen LogP contribution is 2.28. The first kappa shape index (κ1) is 28.6. The summed E-state index contributed by atoms with van der Waals surface area (Å²) < 4.78 is 18.5. The van der Waals surface area contributed by atoms with Gasteiger partial charge < -0.3 is 24.9 Å². The maximum atomic E-state index is 13.5. The lowest BCUT2D eigenvalue weighted by molar-refractivity contribution is -0.133. The summed E-state index contributed by atoms with van der Waals surface area (Å²) in [7, 11) is 0. The number of nitrogens with one attached hydrogen (secondary N) is 2. The van der Waals surface area contributed by atoms with Crippen LogP contribution < -0.4 is 15.5 Å². The van der Waals surface area contributed by atoms with Gasteiger partial charge in [-0.25, -0.2) is 4.39 Å². The minimum Gasteiger partial charge on any atom is -0.459 e. The summed E-state index contributed by atoms with van der Waals surface area (Å²) in [5.41, 5.74) is 3.29. The molecule has 3 amide bonds. The molecule has 1 saturated heterocycles. The average Bonchev–Trinajstić information content (AvgIpc) is 3.57. The predicted octanol–water partition coefficient (Wildman–Crippen LogP) is 5.44. The highest BCUT2D eigenvalue weighted by Gasteiger charge is 2.29. The quantitative estimate of drug-likeness (QED) is 0.280. The summed E-state index contributed by atoms with van der Waals surface area (Å²) in [5, 5.41) is 5.69. The minimum atomic E-state index is -0.429. The number of carbonyl (C=O) groups excluding carboxylic acids is 3. The second kappa shape index (κ2) is 13.2. The molecule has 0 bridgehead atoms. The van der Waals surface area contributed by atoms with E-state index in [1.807, 2.05) is 42.2 Å². The van der Waals surface area contributed by atoms with E-state index in [2.05, 4.69) is 15.5 Å². The number of halogens is 1. The van der Waals surface area contributed by atoms with E-state index in [0.29, 0.717) is 49.5 Å². The van der Waals surface area contributed by atoms with Crippen LogP contribution in [-0.2, 0) is 11.3 Å². The highest BCUT2D eigenvalue weighted by molar-refractivity contribution is 6.05. The molecule has 1 aliphatic rings. The summed E-state index contributed by atoms with van der Waals surface area (Å²) >= 11 is 0. The van der Waals surface area contributed by atoms with E-state index in [1.54, 1.807) is 42.5 Å². The van der Waals surface area contributed by atoms with Gasteiger partial charge in [0.15, 0.2) is 5.76 Å². The number of carbonyl (C=O) groups is 3. The SMILES string of the molecule is CC[C@H](C(=O)N1CCN(c2ccc(NC(=O)c3ccco3)cc2C(=O)NCc2ccc(F)cc2)CC1)c1ccccc1. The van der Waals surface area contributed by atoms with Crippen LogP contribution in [0.25, 0.3) is 0 Å². The lowest BCUT2D eigenvalue weighted by Gasteiger charge is -2.38. The second-order valence-corrected chi connectivity index (χ2v) is 10.2. The van der Waals surface area contributed by atoms with Gasteiger partial charge >= 0.3 is 0 Å². The molecule has 1 aliphatic heterocycles. The van der Waals surface area contributed by atoms with Crippen molar-refractivity contribution >= 4 is 29.1 Å². The van der Waals surface area contributed by atoms with Gasteiger partial charge in [-0.3, -0.25) is 14.4 Å². The first-order valence-corrected chi connectivity index (χ1v) is 14.0. The number of rotatable bonds is 9. The fraction of sp³-hybridized carbons (Fsp3) is 0.242. The number of hydrogen-bond acceptors (Lipinski definition) is 5. The lowest BCUT2D eigenvalue weighted by Crippen LogP contribution is -2.50. The zero-order valence-electron chi connectivity index (χ0n) is 23.4. The molecule has 2 N–H and O–H groups in total. The molecule has 0 spiro atoms. The van der Waals surface area contributed by atoms with Gasteiger partial charge in [0.05, 0.1) is 17.7 Å². The van der Waals surface area contributed by atoms with Crippen molar-refractivity contribution in [3.63, 3.8) is 0 Å². The molecule has 4 aromatic rings. The molecule has 216 valence electrons.